The van der Waals surface area contributed by atoms with Crippen LogP contribution in [-0.2, 0) is 4.94 Å². The smallest absolute Gasteiger partial charge is 0.108 e. The summed E-state index contributed by atoms with van der Waals surface area (Å²) in [5.74, 6) is 16.9. The zero-order valence-corrected chi connectivity index (χ0v) is 6.45. The van der Waals surface area contributed by atoms with Gasteiger partial charge in [0, 0.05) is 10.3 Å². The second kappa shape index (κ2) is 4.36. The zero-order valence-electron chi connectivity index (χ0n) is 6.45. The maximum Gasteiger partial charge on any atom is 0.108 e. The summed E-state index contributed by atoms with van der Waals surface area (Å²) in [5, 5.41) is 11.9. The van der Waals surface area contributed by atoms with Gasteiger partial charge in [-0.2, -0.15) is 7.05 Å². The van der Waals surface area contributed by atoms with Crippen molar-refractivity contribution >= 4 is 6.72 Å². The average molecular weight is 179 g/mol. The molecule has 0 saturated heterocycles. The fourth-order valence-electron chi connectivity index (χ4n) is 0.254. The Hall–Kier alpha value is -0.690. The Bertz CT molecular complexity index is 148. The first-order valence-electron chi connectivity index (χ1n) is 2.67. The molecule has 0 heterocycles. The van der Waals surface area contributed by atoms with Gasteiger partial charge in [-0.25, -0.2) is 0 Å². The molecule has 6 N–H and O–H groups in total. The predicted molar refractivity (Wildman–Crippen MR) is 38.3 cm³/mol. The Morgan fingerprint density at radius 2 is 2.25 bits per heavy atom. The van der Waals surface area contributed by atoms with Gasteiger partial charge in [-0.05, 0) is 5.10 Å². The van der Waals surface area contributed by atoms with Crippen molar-refractivity contribution in [1.82, 2.24) is 10.6 Å². The molecular formula is C2H11N8O2-. The van der Waals surface area contributed by atoms with Crippen molar-refractivity contribution in [3.8, 4) is 0 Å². The van der Waals surface area contributed by atoms with Crippen LogP contribution < -0.4 is 11.7 Å². The molecule has 0 unspecified atom stereocenters. The first-order chi connectivity index (χ1) is 5.43. The van der Waals surface area contributed by atoms with Gasteiger partial charge >= 0.3 is 0 Å². The van der Waals surface area contributed by atoms with Gasteiger partial charge in [-0.3, -0.25) is 5.21 Å². The third-order valence-electron chi connectivity index (χ3n) is 0.776. The van der Waals surface area contributed by atoms with Crippen LogP contribution in [0.4, 0.5) is 0 Å². The van der Waals surface area contributed by atoms with E-state index in [1.165, 1.54) is 7.05 Å². The van der Waals surface area contributed by atoms with Crippen LogP contribution in [0.3, 0.4) is 0 Å². The minimum Gasteiger partial charge on any atom is -0.610 e. The number of nitrogens with one attached hydrogen (secondary N) is 1. The van der Waals surface area contributed by atoms with Crippen LogP contribution in [-0.4, -0.2) is 34.5 Å². The summed E-state index contributed by atoms with van der Waals surface area (Å²) >= 11 is 0. The molecule has 0 saturated carbocycles. The van der Waals surface area contributed by atoms with Gasteiger partial charge in [0.2, 0.25) is 0 Å². The minimum atomic E-state index is -1.37. The molecule has 0 aliphatic rings. The van der Waals surface area contributed by atoms with E-state index < -0.39 is 4.97 Å². The largest absolute Gasteiger partial charge is 0.610 e. The van der Waals surface area contributed by atoms with Gasteiger partial charge in [0.1, 0.15) is 4.97 Å². The van der Waals surface area contributed by atoms with Crippen molar-refractivity contribution in [3.05, 3.63) is 11.3 Å². The second-order valence-electron chi connectivity index (χ2n) is 1.64. The zero-order chi connectivity index (χ0) is 9.78. The van der Waals surface area contributed by atoms with Crippen LogP contribution in [0, 0.1) is 0 Å². The predicted octanol–water partition coefficient (Wildman–Crippen LogP) is -1.19. The van der Waals surface area contributed by atoms with Crippen LogP contribution >= 0.6 is 0 Å². The topological polar surface area (TPSA) is 138 Å². The highest BCUT2D eigenvalue weighted by Crippen LogP contribution is 2.02. The van der Waals surface area contributed by atoms with Gasteiger partial charge < -0.3 is 16.5 Å². The first-order valence-corrected chi connectivity index (χ1v) is 2.67. The molecule has 10 heteroatoms. The standard InChI is InChI=1S/C2H11N8O2/c1-6-8(3)9(11)12-10(4,5)7-2/h3,11H,2,4-5H2,1H3/q-1. The number of rotatable bonds is 5. The van der Waals surface area contributed by atoms with E-state index in [0.29, 0.717) is 0 Å². The van der Waals surface area contributed by atoms with Crippen molar-refractivity contribution in [2.75, 3.05) is 7.05 Å². The lowest BCUT2D eigenvalue weighted by Gasteiger charge is -2.41. The molecule has 0 aromatic carbocycles. The van der Waals surface area contributed by atoms with Crippen LogP contribution in [0.1, 0.15) is 0 Å². The molecule has 0 bridgehead atoms. The number of quaternary nitrogens is 1. The normalized spacial score (nSPS) is 12.6. The fourth-order valence-corrected chi connectivity index (χ4v) is 0.254. The quantitative estimate of drug-likeness (QED) is 0.210. The number of hydrogen-bond acceptors (Lipinski definition) is 7. The number of hydrogen-bond donors (Lipinski definition) is 3. The molecule has 0 aliphatic carbocycles. The highest BCUT2D eigenvalue weighted by atomic mass is 17.1. The van der Waals surface area contributed by atoms with Gasteiger partial charge in [0.15, 0.2) is 0 Å². The maximum absolute atomic E-state index is 8.78. The van der Waals surface area contributed by atoms with Gasteiger partial charge in [-0.15, -0.1) is 0 Å². The van der Waals surface area contributed by atoms with Gasteiger partial charge in [0.25, 0.3) is 0 Å². The summed E-state index contributed by atoms with van der Waals surface area (Å²) in [6.07, 6.45) is 0. The Morgan fingerprint density at radius 3 is 2.58 bits per heavy atom. The lowest BCUT2D eigenvalue weighted by Crippen LogP contribution is -2.59. The number of nitrogens with zero attached hydrogens (tertiary/aromatic N) is 5. The van der Waals surface area contributed by atoms with Crippen LogP contribution in [0.2, 0.25) is 0 Å². The summed E-state index contributed by atoms with van der Waals surface area (Å²) < 4.78 is 0. The molecular weight excluding hydrogens is 168 g/mol. The summed E-state index contributed by atoms with van der Waals surface area (Å²) in [6.45, 7) is 2.97. The molecule has 0 aromatic heterocycles. The molecule has 0 amide bonds. The van der Waals surface area contributed by atoms with Crippen molar-refractivity contribution in [3.63, 3.8) is 0 Å². The van der Waals surface area contributed by atoms with Gasteiger partial charge in [0.05, 0.1) is 6.72 Å². The molecule has 72 valence electrons. The van der Waals surface area contributed by atoms with E-state index in [1.807, 2.05) is 0 Å². The highest BCUT2D eigenvalue weighted by Gasteiger charge is 2.21. The first kappa shape index (κ1) is 11.3. The van der Waals surface area contributed by atoms with E-state index in [1.54, 1.807) is 0 Å². The molecule has 0 fully saturated rings. The van der Waals surface area contributed by atoms with Gasteiger partial charge in [-0.1, -0.05) is 11.7 Å². The molecule has 0 rings (SSSR count). The molecule has 0 atom stereocenters. The molecule has 0 spiro atoms. The Morgan fingerprint density at radius 1 is 1.75 bits per heavy atom. The summed E-state index contributed by atoms with van der Waals surface area (Å²) in [5.41, 5.74) is 3.17. The fraction of sp³-hybridized carbons (Fsp3) is 0.500. The molecule has 0 radical (unpaired) electrons. The average Bonchev–Trinajstić information content (AvgIpc) is 2.02. The second-order valence-corrected chi connectivity index (χ2v) is 1.64. The third kappa shape index (κ3) is 3.63. The van der Waals surface area contributed by atoms with E-state index in [0.717, 1.165) is 0 Å². The van der Waals surface area contributed by atoms with E-state index >= 15 is 0 Å². The molecule has 0 aliphatic heterocycles. The third-order valence-corrected chi connectivity index (χ3v) is 0.776. The lowest BCUT2D eigenvalue weighted by molar-refractivity contribution is -1.17. The van der Waals surface area contributed by atoms with Crippen LogP contribution in [0.25, 0.3) is 11.3 Å². The number of nitrogens with two attached hydrogens (primary N) is 2. The molecule has 0 aromatic rings. The maximum atomic E-state index is 8.78. The van der Waals surface area contributed by atoms with Crippen molar-refractivity contribution in [1.29, 1.82) is 0 Å². The van der Waals surface area contributed by atoms with E-state index in [9.17, 15) is 0 Å². The Kier molecular flexibility index (Phi) is 4.11. The number of hydrazine groups is 1. The summed E-state index contributed by atoms with van der Waals surface area (Å²) in [4.78, 5) is 2.86. The highest BCUT2D eigenvalue weighted by molar-refractivity contribution is 5.21. The van der Waals surface area contributed by atoms with Crippen molar-refractivity contribution < 1.29 is 15.1 Å². The van der Waals surface area contributed by atoms with E-state index in [2.05, 4.69) is 22.2 Å². The van der Waals surface area contributed by atoms with E-state index in [4.69, 9.17) is 22.7 Å². The van der Waals surface area contributed by atoms with E-state index in [-0.39, 0.29) is 10.6 Å². The van der Waals surface area contributed by atoms with Crippen LogP contribution in [0.15, 0.2) is 5.10 Å². The minimum absolute atomic E-state index is 0.116. The van der Waals surface area contributed by atoms with Crippen molar-refractivity contribution in [2.24, 2.45) is 16.8 Å². The molecule has 12 heavy (non-hydrogen) atoms. The molecule has 10 nitrogen and oxygen atoms in total. The SMILES string of the molecule is C=N[N+](N)(N)ON(O)N([NH-])[N-]C. The summed E-state index contributed by atoms with van der Waals surface area (Å²) in [6, 6.07) is 0. The van der Waals surface area contributed by atoms with Crippen molar-refractivity contribution in [2.45, 2.75) is 0 Å². The van der Waals surface area contributed by atoms with Crippen LogP contribution in [0.5, 0.6) is 0 Å². The lowest BCUT2D eigenvalue weighted by atomic mass is 11.5. The summed E-state index contributed by atoms with van der Waals surface area (Å²) in [7, 11) is 1.24. The Balaban J connectivity index is 3.98. The monoisotopic (exact) mass is 179 g/mol. The Labute approximate surface area is 68.6 Å².